The maximum atomic E-state index is 12.8. The number of fused-ring (bicyclic) bond motifs is 1. The van der Waals surface area contributed by atoms with Crippen LogP contribution in [0.2, 0.25) is 0 Å². The van der Waals surface area contributed by atoms with Crippen LogP contribution in [0, 0.1) is 0 Å². The number of aromatic nitrogens is 2. The number of aryl methyl sites for hydroxylation is 1. The number of sulfonamides is 1. The topological polar surface area (TPSA) is 58.4 Å². The molecule has 0 bridgehead atoms. The summed E-state index contributed by atoms with van der Waals surface area (Å²) in [6.45, 7) is 2.60. The standard InChI is InChI=1S/C19H22N4O2S/c1-21-9-11-23(12-10-21)26(24,25)18-5-3-15(4-6-18)17-13-16-7-8-22(2)19(16)20-14-17/h3-8,13-14H,9-12H2,1-2H3. The van der Waals surface area contributed by atoms with Gasteiger partial charge in [-0.15, -0.1) is 0 Å². The van der Waals surface area contributed by atoms with E-state index >= 15 is 0 Å². The summed E-state index contributed by atoms with van der Waals surface area (Å²) in [6.07, 6.45) is 3.81. The molecule has 0 atom stereocenters. The molecule has 0 N–H and O–H groups in total. The monoisotopic (exact) mass is 370 g/mol. The Kier molecular flexibility index (Phi) is 4.30. The van der Waals surface area contributed by atoms with E-state index in [9.17, 15) is 8.42 Å². The van der Waals surface area contributed by atoms with Gasteiger partial charge in [-0.3, -0.25) is 0 Å². The van der Waals surface area contributed by atoms with E-state index in [2.05, 4.69) is 16.0 Å². The van der Waals surface area contributed by atoms with Gasteiger partial charge in [0.25, 0.3) is 0 Å². The predicted octanol–water partition coefficient (Wildman–Crippen LogP) is 2.18. The van der Waals surface area contributed by atoms with Crippen LogP contribution in [-0.4, -0.2) is 60.4 Å². The average molecular weight is 370 g/mol. The van der Waals surface area contributed by atoms with Gasteiger partial charge >= 0.3 is 0 Å². The zero-order valence-corrected chi connectivity index (χ0v) is 15.8. The molecule has 0 amide bonds. The first-order valence-corrected chi connectivity index (χ1v) is 10.1. The van der Waals surface area contributed by atoms with Crippen LogP contribution in [0.3, 0.4) is 0 Å². The number of rotatable bonds is 3. The minimum Gasteiger partial charge on any atom is -0.336 e. The van der Waals surface area contributed by atoms with Crippen LogP contribution in [0.5, 0.6) is 0 Å². The fourth-order valence-corrected chi connectivity index (χ4v) is 4.73. The Balaban J connectivity index is 1.61. The molecule has 0 unspecified atom stereocenters. The molecule has 136 valence electrons. The molecule has 7 heteroatoms. The second-order valence-corrected chi connectivity index (χ2v) is 8.73. The number of piperazine rings is 1. The van der Waals surface area contributed by atoms with Gasteiger partial charge in [-0.05, 0) is 36.9 Å². The van der Waals surface area contributed by atoms with Crippen LogP contribution in [0.15, 0.2) is 53.7 Å². The van der Waals surface area contributed by atoms with Crippen molar-refractivity contribution in [2.75, 3.05) is 33.2 Å². The van der Waals surface area contributed by atoms with Crippen LogP contribution >= 0.6 is 0 Å². The molecule has 0 radical (unpaired) electrons. The van der Waals surface area contributed by atoms with Gasteiger partial charge in [0.1, 0.15) is 5.65 Å². The summed E-state index contributed by atoms with van der Waals surface area (Å²) in [7, 11) is 0.548. The normalized spacial score (nSPS) is 17.0. The SMILES string of the molecule is CN1CCN(S(=O)(=O)c2ccc(-c3cnc4c(ccn4C)c3)cc2)CC1. The molecular formula is C19H22N4O2S. The summed E-state index contributed by atoms with van der Waals surface area (Å²) in [5.74, 6) is 0. The molecule has 3 aromatic rings. The Hall–Kier alpha value is -2.22. The molecule has 1 aliphatic rings. The summed E-state index contributed by atoms with van der Waals surface area (Å²) in [4.78, 5) is 6.99. The van der Waals surface area contributed by atoms with E-state index in [0.717, 1.165) is 35.2 Å². The third kappa shape index (κ3) is 3.02. The van der Waals surface area contributed by atoms with Crippen molar-refractivity contribution in [1.82, 2.24) is 18.8 Å². The molecule has 0 aliphatic carbocycles. The van der Waals surface area contributed by atoms with Crippen LogP contribution in [0.25, 0.3) is 22.2 Å². The molecule has 0 spiro atoms. The lowest BCUT2D eigenvalue weighted by Crippen LogP contribution is -2.46. The largest absolute Gasteiger partial charge is 0.336 e. The number of benzene rings is 1. The second kappa shape index (κ2) is 6.50. The Morgan fingerprint density at radius 3 is 2.31 bits per heavy atom. The molecule has 4 rings (SSSR count). The van der Waals surface area contributed by atoms with Crippen molar-refractivity contribution < 1.29 is 8.42 Å². The van der Waals surface area contributed by atoms with Gasteiger partial charge in [-0.2, -0.15) is 4.31 Å². The highest BCUT2D eigenvalue weighted by Gasteiger charge is 2.27. The summed E-state index contributed by atoms with van der Waals surface area (Å²) in [5.41, 5.74) is 2.87. The Bertz CT molecular complexity index is 1030. The Morgan fingerprint density at radius 2 is 1.62 bits per heavy atom. The van der Waals surface area contributed by atoms with Gasteiger partial charge in [0.15, 0.2) is 0 Å². The van der Waals surface area contributed by atoms with Gasteiger partial charge in [-0.1, -0.05) is 12.1 Å². The van der Waals surface area contributed by atoms with Crippen LogP contribution in [-0.2, 0) is 17.1 Å². The number of nitrogens with zero attached hydrogens (tertiary/aromatic N) is 4. The van der Waals surface area contributed by atoms with Crippen molar-refractivity contribution in [3.8, 4) is 11.1 Å². The smallest absolute Gasteiger partial charge is 0.243 e. The lowest BCUT2D eigenvalue weighted by atomic mass is 10.1. The Morgan fingerprint density at radius 1 is 0.923 bits per heavy atom. The van der Waals surface area contributed by atoms with Gasteiger partial charge in [-0.25, -0.2) is 13.4 Å². The average Bonchev–Trinajstić information content (AvgIpc) is 3.03. The van der Waals surface area contributed by atoms with E-state index in [4.69, 9.17) is 0 Å². The number of hydrogen-bond acceptors (Lipinski definition) is 4. The molecule has 3 heterocycles. The molecule has 1 aromatic carbocycles. The van der Waals surface area contributed by atoms with Gasteiger partial charge < -0.3 is 9.47 Å². The molecule has 26 heavy (non-hydrogen) atoms. The third-order valence-corrected chi connectivity index (χ3v) is 6.91. The highest BCUT2D eigenvalue weighted by Crippen LogP contribution is 2.25. The first-order chi connectivity index (χ1) is 12.4. The fraction of sp³-hybridized carbons (Fsp3) is 0.316. The molecule has 6 nitrogen and oxygen atoms in total. The molecule has 1 saturated heterocycles. The summed E-state index contributed by atoms with van der Waals surface area (Å²) >= 11 is 0. The van der Waals surface area contributed by atoms with Crippen molar-refractivity contribution >= 4 is 21.1 Å². The maximum Gasteiger partial charge on any atom is 0.243 e. The molecular weight excluding hydrogens is 348 g/mol. The van der Waals surface area contributed by atoms with E-state index in [-0.39, 0.29) is 0 Å². The van der Waals surface area contributed by atoms with Crippen molar-refractivity contribution in [1.29, 1.82) is 0 Å². The lowest BCUT2D eigenvalue weighted by Gasteiger charge is -2.31. The van der Waals surface area contributed by atoms with Crippen LogP contribution < -0.4 is 0 Å². The number of hydrogen-bond donors (Lipinski definition) is 0. The zero-order chi connectivity index (χ0) is 18.3. The highest BCUT2D eigenvalue weighted by molar-refractivity contribution is 7.89. The number of pyridine rings is 1. The quantitative estimate of drug-likeness (QED) is 0.709. The fourth-order valence-electron chi connectivity index (χ4n) is 3.31. The molecule has 1 aliphatic heterocycles. The molecule has 1 fully saturated rings. The predicted molar refractivity (Wildman–Crippen MR) is 102 cm³/mol. The van der Waals surface area contributed by atoms with Crippen LogP contribution in [0.4, 0.5) is 0 Å². The molecule has 0 saturated carbocycles. The summed E-state index contributed by atoms with van der Waals surface area (Å²) in [5, 5.41) is 1.07. The maximum absolute atomic E-state index is 12.8. The minimum absolute atomic E-state index is 0.347. The van der Waals surface area contributed by atoms with Crippen molar-refractivity contribution in [2.45, 2.75) is 4.90 Å². The van der Waals surface area contributed by atoms with Crippen molar-refractivity contribution in [3.05, 3.63) is 48.8 Å². The van der Waals surface area contributed by atoms with E-state index in [1.807, 2.05) is 49.3 Å². The van der Waals surface area contributed by atoms with E-state index in [0.29, 0.717) is 18.0 Å². The van der Waals surface area contributed by atoms with Crippen LogP contribution in [0.1, 0.15) is 0 Å². The third-order valence-electron chi connectivity index (χ3n) is 4.99. The lowest BCUT2D eigenvalue weighted by molar-refractivity contribution is 0.222. The summed E-state index contributed by atoms with van der Waals surface area (Å²) < 4.78 is 29.2. The summed E-state index contributed by atoms with van der Waals surface area (Å²) in [6, 6.07) is 11.2. The second-order valence-electron chi connectivity index (χ2n) is 6.80. The van der Waals surface area contributed by atoms with E-state index < -0.39 is 10.0 Å². The van der Waals surface area contributed by atoms with Crippen molar-refractivity contribution in [2.24, 2.45) is 7.05 Å². The van der Waals surface area contributed by atoms with Gasteiger partial charge in [0, 0.05) is 56.6 Å². The first-order valence-electron chi connectivity index (χ1n) is 8.65. The van der Waals surface area contributed by atoms with E-state index in [1.165, 1.54) is 0 Å². The molecule has 2 aromatic heterocycles. The minimum atomic E-state index is -3.43. The number of likely N-dealkylation sites (N-methyl/N-ethyl adjacent to an activating group) is 1. The van der Waals surface area contributed by atoms with Gasteiger partial charge in [0.2, 0.25) is 10.0 Å². The van der Waals surface area contributed by atoms with E-state index in [1.54, 1.807) is 16.4 Å². The van der Waals surface area contributed by atoms with Gasteiger partial charge in [0.05, 0.1) is 4.90 Å². The first kappa shape index (κ1) is 17.2. The zero-order valence-electron chi connectivity index (χ0n) is 15.0. The highest BCUT2D eigenvalue weighted by atomic mass is 32.2. The van der Waals surface area contributed by atoms with Crippen molar-refractivity contribution in [3.63, 3.8) is 0 Å². The Labute approximate surface area is 153 Å².